The molecule has 0 amide bonds. The number of rotatable bonds is 5. The fourth-order valence-corrected chi connectivity index (χ4v) is 2.71. The van der Waals surface area contributed by atoms with Crippen LogP contribution in [-0.4, -0.2) is 18.9 Å². The molecule has 0 saturated heterocycles. The summed E-state index contributed by atoms with van der Waals surface area (Å²) >= 11 is 1.48. The normalized spacial score (nSPS) is 10.5. The first-order valence-corrected chi connectivity index (χ1v) is 7.02. The van der Waals surface area contributed by atoms with E-state index in [1.165, 1.54) is 17.4 Å². The van der Waals surface area contributed by atoms with Crippen LogP contribution < -0.4 is 4.90 Å². The first-order valence-electron chi connectivity index (χ1n) is 6.21. The van der Waals surface area contributed by atoms with Gasteiger partial charge < -0.3 is 4.90 Å². The standard InChI is InChI=1S/C15H16FNOS/c1-3-17(13-7-5-4-6-12(13)16)10-14(18)15-9-8-11(2)19-15/h4-9H,3,10H2,1-2H3. The van der Waals surface area contributed by atoms with Crippen molar-refractivity contribution in [2.24, 2.45) is 0 Å². The number of para-hydroxylation sites is 1. The molecule has 19 heavy (non-hydrogen) atoms. The van der Waals surface area contributed by atoms with Gasteiger partial charge in [-0.05, 0) is 38.1 Å². The van der Waals surface area contributed by atoms with E-state index in [1.54, 1.807) is 23.1 Å². The largest absolute Gasteiger partial charge is 0.362 e. The molecular formula is C15H16FNOS. The van der Waals surface area contributed by atoms with Gasteiger partial charge in [0.2, 0.25) is 0 Å². The summed E-state index contributed by atoms with van der Waals surface area (Å²) in [5, 5.41) is 0. The number of benzene rings is 1. The second-order valence-electron chi connectivity index (χ2n) is 4.30. The van der Waals surface area contributed by atoms with Crippen molar-refractivity contribution in [3.05, 3.63) is 52.0 Å². The van der Waals surface area contributed by atoms with Crippen LogP contribution >= 0.6 is 11.3 Å². The number of hydrogen-bond acceptors (Lipinski definition) is 3. The van der Waals surface area contributed by atoms with Gasteiger partial charge >= 0.3 is 0 Å². The lowest BCUT2D eigenvalue weighted by Gasteiger charge is -2.22. The fraction of sp³-hybridized carbons (Fsp3) is 0.267. The van der Waals surface area contributed by atoms with Crippen LogP contribution in [0.2, 0.25) is 0 Å². The lowest BCUT2D eigenvalue weighted by molar-refractivity contribution is 0.100. The Labute approximate surface area is 116 Å². The Morgan fingerprint density at radius 3 is 2.58 bits per heavy atom. The lowest BCUT2D eigenvalue weighted by atomic mass is 10.2. The van der Waals surface area contributed by atoms with Crippen LogP contribution in [0.1, 0.15) is 21.5 Å². The van der Waals surface area contributed by atoms with Gasteiger partial charge in [-0.1, -0.05) is 12.1 Å². The maximum Gasteiger partial charge on any atom is 0.191 e. The van der Waals surface area contributed by atoms with E-state index in [-0.39, 0.29) is 18.1 Å². The number of carbonyl (C=O) groups excluding carboxylic acids is 1. The summed E-state index contributed by atoms with van der Waals surface area (Å²) in [6.07, 6.45) is 0. The SMILES string of the molecule is CCN(CC(=O)c1ccc(C)s1)c1ccccc1F. The molecule has 0 aliphatic rings. The summed E-state index contributed by atoms with van der Waals surface area (Å²) in [4.78, 5) is 15.8. The van der Waals surface area contributed by atoms with E-state index in [0.717, 1.165) is 9.75 Å². The van der Waals surface area contributed by atoms with Gasteiger partial charge in [0.15, 0.2) is 5.78 Å². The Kier molecular flexibility index (Phi) is 4.32. The van der Waals surface area contributed by atoms with Crippen molar-refractivity contribution >= 4 is 22.8 Å². The van der Waals surface area contributed by atoms with Gasteiger partial charge in [-0.15, -0.1) is 11.3 Å². The number of thiophene rings is 1. The summed E-state index contributed by atoms with van der Waals surface area (Å²) in [5.74, 6) is -0.261. The van der Waals surface area contributed by atoms with Gasteiger partial charge in [0.25, 0.3) is 0 Å². The zero-order valence-electron chi connectivity index (χ0n) is 11.0. The predicted molar refractivity (Wildman–Crippen MR) is 77.7 cm³/mol. The monoisotopic (exact) mass is 277 g/mol. The predicted octanol–water partition coefficient (Wildman–Crippen LogP) is 3.90. The molecule has 0 spiro atoms. The van der Waals surface area contributed by atoms with Crippen molar-refractivity contribution in [2.45, 2.75) is 13.8 Å². The van der Waals surface area contributed by atoms with Gasteiger partial charge in [-0.2, -0.15) is 0 Å². The fourth-order valence-electron chi connectivity index (χ4n) is 1.91. The zero-order valence-corrected chi connectivity index (χ0v) is 11.8. The smallest absolute Gasteiger partial charge is 0.191 e. The average Bonchev–Trinajstić information content (AvgIpc) is 2.83. The minimum atomic E-state index is -0.292. The Balaban J connectivity index is 2.16. The molecule has 1 aromatic carbocycles. The molecule has 4 heteroatoms. The van der Waals surface area contributed by atoms with Gasteiger partial charge in [0, 0.05) is 11.4 Å². The van der Waals surface area contributed by atoms with Gasteiger partial charge in [0.05, 0.1) is 17.1 Å². The summed E-state index contributed by atoms with van der Waals surface area (Å²) in [7, 11) is 0. The summed E-state index contributed by atoms with van der Waals surface area (Å²) in [6, 6.07) is 10.3. The number of aryl methyl sites for hydroxylation is 1. The highest BCUT2D eigenvalue weighted by Crippen LogP contribution is 2.21. The van der Waals surface area contributed by atoms with E-state index in [1.807, 2.05) is 26.0 Å². The summed E-state index contributed by atoms with van der Waals surface area (Å²) in [6.45, 7) is 4.68. The molecule has 0 aliphatic heterocycles. The third kappa shape index (κ3) is 3.20. The van der Waals surface area contributed by atoms with Crippen molar-refractivity contribution in [3.63, 3.8) is 0 Å². The van der Waals surface area contributed by atoms with Gasteiger partial charge in [-0.25, -0.2) is 4.39 Å². The lowest BCUT2D eigenvalue weighted by Crippen LogP contribution is -2.30. The molecule has 0 saturated carbocycles. The maximum atomic E-state index is 13.7. The Hall–Kier alpha value is -1.68. The Morgan fingerprint density at radius 2 is 2.00 bits per heavy atom. The van der Waals surface area contributed by atoms with E-state index in [4.69, 9.17) is 0 Å². The molecule has 0 atom stereocenters. The molecule has 0 radical (unpaired) electrons. The number of likely N-dealkylation sites (N-methyl/N-ethyl adjacent to an activating group) is 1. The van der Waals surface area contributed by atoms with Crippen molar-refractivity contribution in [3.8, 4) is 0 Å². The first-order chi connectivity index (χ1) is 9.11. The number of nitrogens with zero attached hydrogens (tertiary/aromatic N) is 1. The quantitative estimate of drug-likeness (QED) is 0.772. The summed E-state index contributed by atoms with van der Waals surface area (Å²) < 4.78 is 13.7. The van der Waals surface area contributed by atoms with Crippen molar-refractivity contribution in [1.29, 1.82) is 0 Å². The highest BCUT2D eigenvalue weighted by Gasteiger charge is 2.15. The van der Waals surface area contributed by atoms with Crippen LogP contribution in [0.4, 0.5) is 10.1 Å². The van der Waals surface area contributed by atoms with E-state index in [0.29, 0.717) is 12.2 Å². The number of carbonyl (C=O) groups is 1. The van der Waals surface area contributed by atoms with Gasteiger partial charge in [0.1, 0.15) is 5.82 Å². The van der Waals surface area contributed by atoms with Crippen molar-refractivity contribution < 1.29 is 9.18 Å². The zero-order chi connectivity index (χ0) is 13.8. The maximum absolute atomic E-state index is 13.7. The Morgan fingerprint density at radius 1 is 1.26 bits per heavy atom. The molecule has 0 aliphatic carbocycles. The third-order valence-electron chi connectivity index (χ3n) is 2.92. The average molecular weight is 277 g/mol. The Bertz CT molecular complexity index is 579. The minimum absolute atomic E-state index is 0.0307. The number of Topliss-reactive ketones (excluding diaryl/α,β-unsaturated/α-hetero) is 1. The van der Waals surface area contributed by atoms with Crippen LogP contribution in [0, 0.1) is 12.7 Å². The molecule has 2 rings (SSSR count). The van der Waals surface area contributed by atoms with Crippen molar-refractivity contribution in [1.82, 2.24) is 0 Å². The molecule has 0 bridgehead atoms. The molecule has 1 heterocycles. The second kappa shape index (κ2) is 5.97. The minimum Gasteiger partial charge on any atom is -0.362 e. The number of ketones is 1. The van der Waals surface area contributed by atoms with E-state index >= 15 is 0 Å². The molecular weight excluding hydrogens is 261 g/mol. The number of halogens is 1. The molecule has 2 nitrogen and oxygen atoms in total. The molecule has 2 aromatic rings. The van der Waals surface area contributed by atoms with Crippen LogP contribution in [0.25, 0.3) is 0 Å². The van der Waals surface area contributed by atoms with Crippen molar-refractivity contribution in [2.75, 3.05) is 18.0 Å². The van der Waals surface area contributed by atoms with E-state index < -0.39 is 0 Å². The first kappa shape index (κ1) is 13.7. The van der Waals surface area contributed by atoms with E-state index in [9.17, 15) is 9.18 Å². The summed E-state index contributed by atoms with van der Waals surface area (Å²) in [5.41, 5.74) is 0.478. The van der Waals surface area contributed by atoms with Crippen LogP contribution in [0.5, 0.6) is 0 Å². The molecule has 0 unspecified atom stereocenters. The second-order valence-corrected chi connectivity index (χ2v) is 5.59. The van der Waals surface area contributed by atoms with E-state index in [2.05, 4.69) is 0 Å². The highest BCUT2D eigenvalue weighted by atomic mass is 32.1. The topological polar surface area (TPSA) is 20.3 Å². The highest BCUT2D eigenvalue weighted by molar-refractivity contribution is 7.14. The third-order valence-corrected chi connectivity index (χ3v) is 3.97. The van der Waals surface area contributed by atoms with Crippen LogP contribution in [0.15, 0.2) is 36.4 Å². The molecule has 0 N–H and O–H groups in total. The van der Waals surface area contributed by atoms with Crippen LogP contribution in [-0.2, 0) is 0 Å². The molecule has 100 valence electrons. The van der Waals surface area contributed by atoms with Crippen LogP contribution in [0.3, 0.4) is 0 Å². The molecule has 0 fully saturated rings. The number of anilines is 1. The molecule has 1 aromatic heterocycles. The number of hydrogen-bond donors (Lipinski definition) is 0. The van der Waals surface area contributed by atoms with Gasteiger partial charge in [-0.3, -0.25) is 4.79 Å².